The molecular weight excluding hydrogens is 514 g/mol. The largest absolute Gasteiger partial charge is 0.480 e. The fourth-order valence-electron chi connectivity index (χ4n) is 3.37. The zero-order valence-electron chi connectivity index (χ0n) is 21.2. The van der Waals surface area contributed by atoms with Gasteiger partial charge in [-0.05, 0) is 18.4 Å². The lowest BCUT2D eigenvalue weighted by Crippen LogP contribution is -2.58. The van der Waals surface area contributed by atoms with Crippen LogP contribution in [0.3, 0.4) is 0 Å². The third-order valence-corrected chi connectivity index (χ3v) is 5.27. The van der Waals surface area contributed by atoms with Gasteiger partial charge in [0.2, 0.25) is 29.5 Å². The van der Waals surface area contributed by atoms with Gasteiger partial charge in [0.15, 0.2) is 5.96 Å². The van der Waals surface area contributed by atoms with Gasteiger partial charge in [0.25, 0.3) is 0 Å². The molecule has 0 heterocycles. The number of rotatable bonds is 17. The number of aliphatic imine (C=N–C) groups is 1. The molecule has 214 valence electrons. The number of carbonyl (C=O) groups is 6. The maximum absolute atomic E-state index is 13.1. The van der Waals surface area contributed by atoms with Crippen molar-refractivity contribution in [3.63, 3.8) is 0 Å². The molecule has 0 radical (unpaired) electrons. The maximum Gasteiger partial charge on any atom is 0.326 e. The fourth-order valence-corrected chi connectivity index (χ4v) is 3.37. The monoisotopic (exact) mass is 549 g/mol. The molecule has 16 heteroatoms. The van der Waals surface area contributed by atoms with E-state index in [1.807, 2.05) is 0 Å². The van der Waals surface area contributed by atoms with Crippen LogP contribution in [0.1, 0.15) is 31.2 Å². The average molecular weight is 550 g/mol. The van der Waals surface area contributed by atoms with Crippen molar-refractivity contribution in [2.24, 2.45) is 33.7 Å². The lowest BCUT2D eigenvalue weighted by Gasteiger charge is -2.24. The van der Waals surface area contributed by atoms with Crippen molar-refractivity contribution in [3.05, 3.63) is 35.9 Å². The molecule has 0 aromatic heterocycles. The number of carboxylic acid groups (broad SMARTS) is 1. The lowest BCUT2D eigenvalue weighted by molar-refractivity contribution is -0.142. The first-order valence-corrected chi connectivity index (χ1v) is 11.9. The number of benzene rings is 1. The van der Waals surface area contributed by atoms with Crippen LogP contribution in [0.4, 0.5) is 0 Å². The van der Waals surface area contributed by atoms with E-state index >= 15 is 0 Å². The number of aliphatic carboxylic acids is 1. The molecule has 1 aromatic rings. The van der Waals surface area contributed by atoms with Gasteiger partial charge >= 0.3 is 5.97 Å². The van der Waals surface area contributed by atoms with Crippen molar-refractivity contribution < 1.29 is 33.9 Å². The van der Waals surface area contributed by atoms with Crippen LogP contribution in [0.2, 0.25) is 0 Å². The zero-order chi connectivity index (χ0) is 29.5. The van der Waals surface area contributed by atoms with E-state index < -0.39 is 72.5 Å². The highest BCUT2D eigenvalue weighted by Gasteiger charge is 2.31. The van der Waals surface area contributed by atoms with Gasteiger partial charge in [-0.25, -0.2) is 4.79 Å². The Morgan fingerprint density at radius 1 is 0.769 bits per heavy atom. The smallest absolute Gasteiger partial charge is 0.326 e. The van der Waals surface area contributed by atoms with Crippen LogP contribution in [0.25, 0.3) is 0 Å². The van der Waals surface area contributed by atoms with Gasteiger partial charge in [0, 0.05) is 13.0 Å². The molecule has 16 nitrogen and oxygen atoms in total. The Morgan fingerprint density at radius 2 is 1.31 bits per heavy atom. The third kappa shape index (κ3) is 12.9. The van der Waals surface area contributed by atoms with Crippen LogP contribution in [0, 0.1) is 0 Å². The van der Waals surface area contributed by atoms with Crippen LogP contribution in [0.15, 0.2) is 35.3 Å². The second-order valence-electron chi connectivity index (χ2n) is 8.61. The minimum atomic E-state index is -1.55. The highest BCUT2D eigenvalue weighted by atomic mass is 16.4. The molecule has 0 saturated heterocycles. The van der Waals surface area contributed by atoms with E-state index in [2.05, 4.69) is 20.9 Å². The van der Waals surface area contributed by atoms with E-state index in [0.717, 1.165) is 0 Å². The van der Waals surface area contributed by atoms with E-state index in [1.165, 1.54) is 0 Å². The standard InChI is InChI=1S/C23H35N9O7/c24-13(10-17(25)33)19(35)31-15(11-18(26)34)21(37)30-14(7-4-8-29-23(27)28)20(36)32-16(22(38)39)9-12-5-2-1-3-6-12/h1-3,5-6,13-16H,4,7-11,24H2,(H2,25,33)(H2,26,34)(H,30,37)(H,31,35)(H,32,36)(H,38,39)(H4,27,28,29). The van der Waals surface area contributed by atoms with Crippen LogP contribution >= 0.6 is 0 Å². The summed E-state index contributed by atoms with van der Waals surface area (Å²) >= 11 is 0. The molecule has 0 aliphatic carbocycles. The first kappa shape index (κ1) is 32.3. The Hall–Kier alpha value is -4.73. The summed E-state index contributed by atoms with van der Waals surface area (Å²) in [6, 6.07) is 2.97. The Morgan fingerprint density at radius 3 is 1.85 bits per heavy atom. The predicted octanol–water partition coefficient (Wildman–Crippen LogP) is -4.10. The normalized spacial score (nSPS) is 13.6. The maximum atomic E-state index is 13.1. The van der Waals surface area contributed by atoms with Crippen LogP contribution in [0.5, 0.6) is 0 Å². The summed E-state index contributed by atoms with van der Waals surface area (Å²) in [5, 5.41) is 16.6. The van der Waals surface area contributed by atoms with Gasteiger partial charge in [-0.3, -0.25) is 29.0 Å². The lowest BCUT2D eigenvalue weighted by atomic mass is 10.0. The van der Waals surface area contributed by atoms with Gasteiger partial charge < -0.3 is 49.7 Å². The molecule has 0 aliphatic heterocycles. The number of hydrogen-bond donors (Lipinski definition) is 9. The number of amides is 5. The van der Waals surface area contributed by atoms with Crippen molar-refractivity contribution in [1.82, 2.24) is 16.0 Å². The van der Waals surface area contributed by atoms with Crippen molar-refractivity contribution in [1.29, 1.82) is 0 Å². The SMILES string of the molecule is NC(=O)CC(N)C(=O)NC(CC(N)=O)C(=O)NC(CCCN=C(N)N)C(=O)NC(Cc1ccccc1)C(=O)O. The molecule has 0 bridgehead atoms. The van der Waals surface area contributed by atoms with Crippen molar-refractivity contribution in [2.45, 2.75) is 56.3 Å². The minimum absolute atomic E-state index is 0.0330. The Balaban J connectivity index is 3.08. The number of nitrogens with one attached hydrogen (secondary N) is 3. The predicted molar refractivity (Wildman–Crippen MR) is 139 cm³/mol. The molecule has 1 rings (SSSR count). The summed E-state index contributed by atoms with van der Waals surface area (Å²) in [7, 11) is 0. The second-order valence-corrected chi connectivity index (χ2v) is 8.61. The first-order chi connectivity index (χ1) is 18.3. The summed E-state index contributed by atoms with van der Waals surface area (Å²) in [4.78, 5) is 76.6. The summed E-state index contributed by atoms with van der Waals surface area (Å²) in [5.74, 6) is -6.10. The molecule has 14 N–H and O–H groups in total. The van der Waals surface area contributed by atoms with E-state index in [1.54, 1.807) is 30.3 Å². The molecule has 0 fully saturated rings. The molecular formula is C23H35N9O7. The molecule has 0 saturated carbocycles. The topological polar surface area (TPSA) is 301 Å². The van der Waals surface area contributed by atoms with Gasteiger partial charge in [-0.1, -0.05) is 30.3 Å². The molecule has 4 unspecified atom stereocenters. The summed E-state index contributed by atoms with van der Waals surface area (Å²) in [6.45, 7) is 0.0950. The van der Waals surface area contributed by atoms with Gasteiger partial charge in [-0.2, -0.15) is 0 Å². The Bertz CT molecular complexity index is 1060. The summed E-state index contributed by atoms with van der Waals surface area (Å²) < 4.78 is 0. The van der Waals surface area contributed by atoms with Gasteiger partial charge in [-0.15, -0.1) is 0 Å². The molecule has 0 spiro atoms. The number of hydrogen-bond acceptors (Lipinski definition) is 8. The third-order valence-electron chi connectivity index (χ3n) is 5.27. The number of nitrogens with two attached hydrogens (primary N) is 5. The second kappa shape index (κ2) is 16.2. The Labute approximate surface area is 224 Å². The van der Waals surface area contributed by atoms with Crippen molar-refractivity contribution in [3.8, 4) is 0 Å². The van der Waals surface area contributed by atoms with Gasteiger partial charge in [0.1, 0.15) is 18.1 Å². The van der Waals surface area contributed by atoms with E-state index in [0.29, 0.717) is 5.56 Å². The minimum Gasteiger partial charge on any atom is -0.480 e. The number of primary amides is 2. The number of carboxylic acids is 1. The van der Waals surface area contributed by atoms with Crippen molar-refractivity contribution in [2.75, 3.05) is 6.54 Å². The van der Waals surface area contributed by atoms with E-state index in [9.17, 15) is 33.9 Å². The van der Waals surface area contributed by atoms with Crippen LogP contribution in [-0.2, 0) is 35.2 Å². The number of guanidine groups is 1. The highest BCUT2D eigenvalue weighted by Crippen LogP contribution is 2.07. The molecule has 0 aliphatic rings. The fraction of sp³-hybridized carbons (Fsp3) is 0.435. The summed E-state index contributed by atoms with van der Waals surface area (Å²) in [5.41, 5.74) is 27.1. The quantitative estimate of drug-likeness (QED) is 0.0513. The first-order valence-electron chi connectivity index (χ1n) is 11.9. The van der Waals surface area contributed by atoms with E-state index in [4.69, 9.17) is 28.7 Å². The molecule has 1 aromatic carbocycles. The average Bonchev–Trinajstić information content (AvgIpc) is 2.84. The summed E-state index contributed by atoms with van der Waals surface area (Å²) in [6.07, 6.45) is -1.05. The number of nitrogens with zero attached hydrogens (tertiary/aromatic N) is 1. The van der Waals surface area contributed by atoms with Gasteiger partial charge in [0.05, 0.1) is 18.9 Å². The molecule has 4 atom stereocenters. The Kier molecular flexibility index (Phi) is 13.4. The van der Waals surface area contributed by atoms with Crippen LogP contribution in [-0.4, -0.2) is 77.3 Å². The molecule has 39 heavy (non-hydrogen) atoms. The van der Waals surface area contributed by atoms with E-state index in [-0.39, 0.29) is 31.8 Å². The van der Waals surface area contributed by atoms with Crippen LogP contribution < -0.4 is 44.6 Å². The number of carbonyl (C=O) groups excluding carboxylic acids is 5. The highest BCUT2D eigenvalue weighted by molar-refractivity contribution is 5.96. The molecule has 5 amide bonds. The zero-order valence-corrected chi connectivity index (χ0v) is 21.2. The van der Waals surface area contributed by atoms with Crippen molar-refractivity contribution >= 4 is 41.5 Å².